The van der Waals surface area contributed by atoms with E-state index in [9.17, 15) is 14.4 Å². The molecule has 8 heteroatoms. The van der Waals surface area contributed by atoms with E-state index in [2.05, 4.69) is 41.7 Å². The first kappa shape index (κ1) is 27.2. The first-order valence-corrected chi connectivity index (χ1v) is 15.2. The fraction of sp³-hybridized carbons (Fsp3) is 0.167. The van der Waals surface area contributed by atoms with Gasteiger partial charge in [0.1, 0.15) is 0 Å². The molecule has 0 saturated carbocycles. The minimum absolute atomic E-state index is 0.0787. The average Bonchev–Trinajstić information content (AvgIpc) is 3.33. The number of esters is 1. The van der Waals surface area contributed by atoms with Gasteiger partial charge in [0, 0.05) is 0 Å². The number of methoxy groups -OCH3 is 1. The predicted molar refractivity (Wildman–Crippen MR) is 156 cm³/mol. The Morgan fingerprint density at radius 3 is 1.84 bits per heavy atom. The average molecular weight is 548 g/mol. The molecule has 4 aromatic rings. The van der Waals surface area contributed by atoms with Crippen molar-refractivity contribution in [3.05, 3.63) is 107 Å². The summed E-state index contributed by atoms with van der Waals surface area (Å²) in [6, 6.07) is 30.2. The van der Waals surface area contributed by atoms with Crippen molar-refractivity contribution < 1.29 is 23.9 Å². The molecule has 0 spiro atoms. The van der Waals surface area contributed by atoms with Gasteiger partial charge in [-0.2, -0.15) is 0 Å². The van der Waals surface area contributed by atoms with Crippen LogP contribution in [0.4, 0.5) is 5.69 Å². The van der Waals surface area contributed by atoms with Crippen molar-refractivity contribution in [2.75, 3.05) is 19.0 Å². The van der Waals surface area contributed by atoms with Crippen LogP contribution < -0.4 is 21.2 Å². The summed E-state index contributed by atoms with van der Waals surface area (Å²) in [4.78, 5) is 38.3. The normalized spacial score (nSPS) is 12.3. The van der Waals surface area contributed by atoms with Crippen molar-refractivity contribution in [1.82, 2.24) is 0 Å². The second-order valence-corrected chi connectivity index (χ2v) is 13.7. The molecule has 0 bridgehead atoms. The third-order valence-electron chi connectivity index (χ3n) is 6.71. The molecule has 0 saturated heterocycles. The van der Waals surface area contributed by atoms with Gasteiger partial charge < -0.3 is 0 Å². The van der Waals surface area contributed by atoms with Gasteiger partial charge in [-0.1, -0.05) is 0 Å². The summed E-state index contributed by atoms with van der Waals surface area (Å²) < 4.78 is 10.1. The summed E-state index contributed by atoms with van der Waals surface area (Å²) in [6.45, 7) is 2.33. The number of hydrogen-bond donors (Lipinski definition) is 1. The number of anilines is 1. The zero-order chi connectivity index (χ0) is 27.0. The van der Waals surface area contributed by atoms with E-state index in [1.165, 1.54) is 18.4 Å². The van der Waals surface area contributed by atoms with Gasteiger partial charge in [-0.25, -0.2) is 0 Å². The van der Waals surface area contributed by atoms with Crippen molar-refractivity contribution in [1.29, 1.82) is 0 Å². The van der Waals surface area contributed by atoms with Crippen LogP contribution in [0.2, 0.25) is 0 Å². The summed E-state index contributed by atoms with van der Waals surface area (Å²) in [5, 5.41) is 8.06. The molecule has 0 aliphatic carbocycles. The topological polar surface area (TPSA) is 81.7 Å². The van der Waals surface area contributed by atoms with Crippen LogP contribution in [0.5, 0.6) is 0 Å². The number of amides is 1. The van der Waals surface area contributed by atoms with Crippen LogP contribution in [0.1, 0.15) is 21.7 Å². The fourth-order valence-corrected chi connectivity index (χ4v) is 11.3. The number of rotatable bonds is 11. The van der Waals surface area contributed by atoms with E-state index in [1.807, 2.05) is 66.9 Å². The number of nitrogens with one attached hydrogen (secondary N) is 1. The predicted octanol–water partition coefficient (Wildman–Crippen LogP) is 4.44. The molecule has 0 fully saturated rings. The second kappa shape index (κ2) is 12.6. The third-order valence-corrected chi connectivity index (χ3v) is 13.1. The molecule has 1 heterocycles. The van der Waals surface area contributed by atoms with Crippen molar-refractivity contribution in [3.63, 3.8) is 0 Å². The molecule has 38 heavy (non-hydrogen) atoms. The molecule has 1 amide bonds. The number of benzene rings is 3. The molecule has 0 radical (unpaired) electrons. The molecule has 0 aliphatic rings. The molecule has 196 valence electrons. The van der Waals surface area contributed by atoms with Crippen LogP contribution in [-0.2, 0) is 19.1 Å². The number of ether oxygens (including phenoxy) is 2. The maximum absolute atomic E-state index is 14.4. The molecular weight excluding hydrogens is 517 g/mol. The molecule has 4 rings (SSSR count). The van der Waals surface area contributed by atoms with Gasteiger partial charge in [0.15, 0.2) is 0 Å². The minimum atomic E-state index is -3.09. The molecule has 1 unspecified atom stereocenters. The third kappa shape index (κ3) is 5.40. The van der Waals surface area contributed by atoms with Crippen LogP contribution >= 0.6 is 18.6 Å². The Morgan fingerprint density at radius 1 is 0.895 bits per heavy atom. The van der Waals surface area contributed by atoms with Gasteiger partial charge in [-0.3, -0.25) is 0 Å². The van der Waals surface area contributed by atoms with Crippen LogP contribution in [0.15, 0.2) is 96.4 Å². The van der Waals surface area contributed by atoms with Crippen LogP contribution in [-0.4, -0.2) is 37.7 Å². The van der Waals surface area contributed by atoms with Crippen LogP contribution in [0.25, 0.3) is 0 Å². The number of carbonyl (C=O) groups excluding carboxylic acids is 3. The molecule has 0 aliphatic heterocycles. The van der Waals surface area contributed by atoms with E-state index >= 15 is 0 Å². The monoisotopic (exact) mass is 547 g/mol. The number of aryl methyl sites for hydroxylation is 1. The van der Waals surface area contributed by atoms with Gasteiger partial charge in [0.05, 0.1) is 0 Å². The summed E-state index contributed by atoms with van der Waals surface area (Å²) in [5.74, 6) is -0.744. The SMILES string of the molecule is COC(=O)c1scc(C)c1NC(=O)C(CCOC=O)[PH](c1ccccc1)(c1ccccc1)c1ccccc1. The standard InChI is InChI=1S/C30H30NO5PS/c1-22-20-38-28(30(34)35-2)27(22)31-29(33)26(18-19-36-21-32)37(23-12-6-3-7-13-23,24-14-8-4-9-15-24)25-16-10-5-11-17-25/h3-17,20-21,26,37H,18-19H2,1-2H3,(H,31,33). The summed E-state index contributed by atoms with van der Waals surface area (Å²) in [5.41, 5.74) is 0.641. The van der Waals surface area contributed by atoms with Gasteiger partial charge >= 0.3 is 227 Å². The summed E-state index contributed by atoms with van der Waals surface area (Å²) in [7, 11) is -1.77. The Bertz CT molecular complexity index is 1280. The van der Waals surface area contributed by atoms with E-state index < -0.39 is 18.9 Å². The van der Waals surface area contributed by atoms with E-state index in [-0.39, 0.29) is 12.5 Å². The Labute approximate surface area is 227 Å². The fourth-order valence-electron chi connectivity index (χ4n) is 5.04. The molecule has 1 aromatic heterocycles. The van der Waals surface area contributed by atoms with E-state index in [0.29, 0.717) is 23.5 Å². The Balaban J connectivity index is 1.96. The molecule has 1 N–H and O–H groups in total. The van der Waals surface area contributed by atoms with Crippen molar-refractivity contribution >= 4 is 58.5 Å². The quantitative estimate of drug-likeness (QED) is 0.130. The van der Waals surface area contributed by atoms with Crippen molar-refractivity contribution in [2.45, 2.75) is 19.0 Å². The summed E-state index contributed by atoms with van der Waals surface area (Å²) >= 11 is 1.23. The van der Waals surface area contributed by atoms with Crippen LogP contribution in [0, 0.1) is 6.92 Å². The van der Waals surface area contributed by atoms with Gasteiger partial charge in [0.25, 0.3) is 0 Å². The Hall–Kier alpha value is -3.80. The summed E-state index contributed by atoms with van der Waals surface area (Å²) in [6.07, 6.45) is 0.298. The second-order valence-electron chi connectivity index (χ2n) is 8.82. The Morgan fingerprint density at radius 2 is 1.39 bits per heavy atom. The van der Waals surface area contributed by atoms with Gasteiger partial charge in [-0.15, -0.1) is 0 Å². The van der Waals surface area contributed by atoms with Gasteiger partial charge in [-0.05, 0) is 0 Å². The zero-order valence-corrected chi connectivity index (χ0v) is 23.1. The van der Waals surface area contributed by atoms with E-state index in [0.717, 1.165) is 21.5 Å². The molecule has 6 nitrogen and oxygen atoms in total. The van der Waals surface area contributed by atoms with E-state index in [4.69, 9.17) is 9.47 Å². The van der Waals surface area contributed by atoms with Crippen molar-refractivity contribution in [3.8, 4) is 0 Å². The van der Waals surface area contributed by atoms with Gasteiger partial charge in [0.2, 0.25) is 0 Å². The van der Waals surface area contributed by atoms with Crippen LogP contribution in [0.3, 0.4) is 0 Å². The molecule has 1 atom stereocenters. The van der Waals surface area contributed by atoms with Crippen molar-refractivity contribution in [2.24, 2.45) is 0 Å². The number of hydrogen-bond acceptors (Lipinski definition) is 6. The maximum atomic E-state index is 14.4. The molecular formula is C30H30NO5PS. The zero-order valence-electron chi connectivity index (χ0n) is 21.3. The number of thiophene rings is 1. The number of carbonyl (C=O) groups is 3. The molecule has 3 aromatic carbocycles. The Kier molecular flexibility index (Phi) is 9.06. The first-order chi connectivity index (χ1) is 18.5. The first-order valence-electron chi connectivity index (χ1n) is 12.2. The van der Waals surface area contributed by atoms with E-state index in [1.54, 1.807) is 0 Å².